The Morgan fingerprint density at radius 3 is 2.70 bits per heavy atom. The zero-order valence-electron chi connectivity index (χ0n) is 16.3. The van der Waals surface area contributed by atoms with Crippen molar-refractivity contribution >= 4 is 33.3 Å². The molecule has 0 saturated heterocycles. The smallest absolute Gasteiger partial charge is 0.267 e. The molecule has 1 saturated carbocycles. The maximum absolute atomic E-state index is 12.7. The number of nitrogens with zero attached hydrogens (tertiary/aromatic N) is 4. The third-order valence-electron chi connectivity index (χ3n) is 5.15. The first-order valence-corrected chi connectivity index (χ1v) is 10.6. The summed E-state index contributed by atoms with van der Waals surface area (Å²) >= 11 is 1.53. The highest BCUT2D eigenvalue weighted by atomic mass is 32.1. The first-order valence-electron chi connectivity index (χ1n) is 9.81. The number of benzene rings is 1. The predicted octanol–water partition coefficient (Wildman–Crippen LogP) is 3.99. The quantitative estimate of drug-likeness (QED) is 0.530. The molecule has 30 heavy (non-hydrogen) atoms. The maximum Gasteiger partial charge on any atom is 0.267 e. The van der Waals surface area contributed by atoms with E-state index in [-0.39, 0.29) is 11.5 Å². The number of nitrogens with one attached hydrogen (secondary N) is 1. The molecular formula is C22H19N5O2S. The molecule has 1 unspecified atom stereocenters. The lowest BCUT2D eigenvalue weighted by Gasteiger charge is -2.15. The van der Waals surface area contributed by atoms with Crippen molar-refractivity contribution < 1.29 is 4.79 Å². The number of amides is 1. The Kier molecular flexibility index (Phi) is 4.63. The van der Waals surface area contributed by atoms with Gasteiger partial charge in [0, 0.05) is 29.4 Å². The Labute approximate surface area is 176 Å². The van der Waals surface area contributed by atoms with Gasteiger partial charge < -0.3 is 5.32 Å². The van der Waals surface area contributed by atoms with Crippen molar-refractivity contribution in [1.29, 1.82) is 0 Å². The van der Waals surface area contributed by atoms with Crippen LogP contribution in [0, 0.1) is 0 Å². The number of hydrogen-bond acceptors (Lipinski definition) is 6. The van der Waals surface area contributed by atoms with Gasteiger partial charge in [-0.1, -0.05) is 11.3 Å². The van der Waals surface area contributed by atoms with Gasteiger partial charge in [-0.15, -0.1) is 0 Å². The van der Waals surface area contributed by atoms with Crippen LogP contribution in [0.15, 0.2) is 59.5 Å². The molecule has 4 aromatic rings. The van der Waals surface area contributed by atoms with E-state index in [0.717, 1.165) is 39.5 Å². The van der Waals surface area contributed by atoms with E-state index in [1.165, 1.54) is 22.1 Å². The molecule has 1 amide bonds. The van der Waals surface area contributed by atoms with Crippen LogP contribution in [-0.4, -0.2) is 25.7 Å². The molecule has 8 heteroatoms. The van der Waals surface area contributed by atoms with Gasteiger partial charge in [0.2, 0.25) is 5.91 Å². The summed E-state index contributed by atoms with van der Waals surface area (Å²) in [4.78, 5) is 34.7. The number of hydrogen-bond donors (Lipinski definition) is 1. The molecule has 7 nitrogen and oxygen atoms in total. The van der Waals surface area contributed by atoms with Crippen LogP contribution in [0.1, 0.15) is 37.4 Å². The number of anilines is 1. The van der Waals surface area contributed by atoms with Gasteiger partial charge in [-0.25, -0.2) is 14.6 Å². The molecule has 1 fully saturated rings. The van der Waals surface area contributed by atoms with Crippen LogP contribution in [0.3, 0.4) is 0 Å². The monoisotopic (exact) mass is 417 g/mol. The minimum absolute atomic E-state index is 0.276. The van der Waals surface area contributed by atoms with E-state index in [9.17, 15) is 9.59 Å². The van der Waals surface area contributed by atoms with Gasteiger partial charge in [0.05, 0.1) is 5.69 Å². The fourth-order valence-electron chi connectivity index (χ4n) is 3.26. The van der Waals surface area contributed by atoms with Crippen molar-refractivity contribution in [2.45, 2.75) is 31.7 Å². The van der Waals surface area contributed by atoms with Crippen LogP contribution in [0.4, 0.5) is 5.69 Å². The van der Waals surface area contributed by atoms with Gasteiger partial charge in [-0.3, -0.25) is 9.59 Å². The highest BCUT2D eigenvalue weighted by Crippen LogP contribution is 2.38. The molecule has 3 heterocycles. The van der Waals surface area contributed by atoms with Gasteiger partial charge in [0.1, 0.15) is 21.4 Å². The fourth-order valence-corrected chi connectivity index (χ4v) is 4.17. The van der Waals surface area contributed by atoms with Crippen LogP contribution in [0.2, 0.25) is 0 Å². The first-order chi connectivity index (χ1) is 14.6. The Morgan fingerprint density at radius 2 is 1.97 bits per heavy atom. The zero-order valence-corrected chi connectivity index (χ0v) is 17.1. The van der Waals surface area contributed by atoms with E-state index in [2.05, 4.69) is 20.4 Å². The van der Waals surface area contributed by atoms with Crippen LogP contribution in [-0.2, 0) is 4.79 Å². The molecule has 0 radical (unpaired) electrons. The van der Waals surface area contributed by atoms with Crippen molar-refractivity contribution in [3.05, 3.63) is 70.8 Å². The zero-order chi connectivity index (χ0) is 20.7. The fraction of sp³-hybridized carbons (Fsp3) is 0.227. The Balaban J connectivity index is 1.32. The molecule has 3 aromatic heterocycles. The number of carbonyl (C=O) groups excluding carboxylic acids is 1. The van der Waals surface area contributed by atoms with Gasteiger partial charge in [0.25, 0.3) is 5.56 Å². The lowest BCUT2D eigenvalue weighted by atomic mass is 10.2. The van der Waals surface area contributed by atoms with Crippen LogP contribution in [0.25, 0.3) is 20.9 Å². The van der Waals surface area contributed by atoms with E-state index in [1.54, 1.807) is 19.2 Å². The lowest BCUT2D eigenvalue weighted by molar-refractivity contribution is -0.119. The summed E-state index contributed by atoms with van der Waals surface area (Å²) in [5, 5.41) is 8.15. The highest BCUT2D eigenvalue weighted by molar-refractivity contribution is 7.21. The summed E-state index contributed by atoms with van der Waals surface area (Å²) in [6.45, 7) is 1.68. The summed E-state index contributed by atoms with van der Waals surface area (Å²) < 4.78 is 1.27. The molecule has 150 valence electrons. The number of thiazole rings is 1. The predicted molar refractivity (Wildman–Crippen MR) is 117 cm³/mol. The lowest BCUT2D eigenvalue weighted by Crippen LogP contribution is -2.33. The van der Waals surface area contributed by atoms with Crippen LogP contribution < -0.4 is 10.9 Å². The Morgan fingerprint density at radius 1 is 1.17 bits per heavy atom. The normalized spacial score (nSPS) is 14.6. The minimum Gasteiger partial charge on any atom is -0.324 e. The second kappa shape index (κ2) is 7.46. The summed E-state index contributed by atoms with van der Waals surface area (Å²) in [5.41, 5.74) is 3.08. The standard InChI is InChI=1S/C22H19N5O2S/c1-13(27-19(28)11-10-17(26-27)14-4-5-14)20(29)24-16-8-6-15(7-9-16)21-25-18-3-2-12-23-22(18)30-21/h2-3,6-14H,4-5H2,1H3,(H,24,29). The van der Waals surface area contributed by atoms with Crippen molar-refractivity contribution in [3.8, 4) is 10.6 Å². The molecule has 0 bridgehead atoms. The third kappa shape index (κ3) is 3.61. The first kappa shape index (κ1) is 18.6. The van der Waals surface area contributed by atoms with E-state index in [1.807, 2.05) is 36.4 Å². The number of aromatic nitrogens is 4. The second-order valence-electron chi connectivity index (χ2n) is 7.40. The van der Waals surface area contributed by atoms with Crippen molar-refractivity contribution in [2.75, 3.05) is 5.32 Å². The molecular weight excluding hydrogens is 398 g/mol. The average molecular weight is 417 g/mol. The molecule has 5 rings (SSSR count). The number of rotatable bonds is 5. The second-order valence-corrected chi connectivity index (χ2v) is 8.38. The van der Waals surface area contributed by atoms with E-state index >= 15 is 0 Å². The van der Waals surface area contributed by atoms with Crippen molar-refractivity contribution in [3.63, 3.8) is 0 Å². The topological polar surface area (TPSA) is 89.8 Å². The average Bonchev–Trinajstić information content (AvgIpc) is 3.52. The summed E-state index contributed by atoms with van der Waals surface area (Å²) in [6, 6.07) is 13.8. The SMILES string of the molecule is CC(C(=O)Nc1ccc(-c2nc3cccnc3s2)cc1)n1nc(C2CC2)ccc1=O. The van der Waals surface area contributed by atoms with Crippen LogP contribution >= 0.6 is 11.3 Å². The number of carbonyl (C=O) groups is 1. The molecule has 1 aliphatic rings. The molecule has 1 aromatic carbocycles. The molecule has 0 aliphatic heterocycles. The van der Waals surface area contributed by atoms with E-state index in [4.69, 9.17) is 0 Å². The largest absolute Gasteiger partial charge is 0.324 e. The van der Waals surface area contributed by atoms with Gasteiger partial charge in [-0.2, -0.15) is 5.10 Å². The molecule has 1 atom stereocenters. The number of pyridine rings is 1. The maximum atomic E-state index is 12.7. The van der Waals surface area contributed by atoms with E-state index in [0.29, 0.717) is 11.6 Å². The number of fused-ring (bicyclic) bond motifs is 1. The molecule has 1 aliphatic carbocycles. The Bertz CT molecular complexity index is 1260. The Hall–Kier alpha value is -3.39. The van der Waals surface area contributed by atoms with Crippen molar-refractivity contribution in [1.82, 2.24) is 19.7 Å². The van der Waals surface area contributed by atoms with Gasteiger partial charge in [0.15, 0.2) is 0 Å². The van der Waals surface area contributed by atoms with Crippen molar-refractivity contribution in [2.24, 2.45) is 0 Å². The van der Waals surface area contributed by atoms with E-state index < -0.39 is 6.04 Å². The van der Waals surface area contributed by atoms with Gasteiger partial charge >= 0.3 is 0 Å². The van der Waals surface area contributed by atoms with Gasteiger partial charge in [-0.05, 0) is 62.2 Å². The molecule has 1 N–H and O–H groups in total. The summed E-state index contributed by atoms with van der Waals surface area (Å²) in [5.74, 6) is 0.131. The van der Waals surface area contributed by atoms with Crippen LogP contribution in [0.5, 0.6) is 0 Å². The minimum atomic E-state index is -0.703. The summed E-state index contributed by atoms with van der Waals surface area (Å²) in [6.07, 6.45) is 3.93. The summed E-state index contributed by atoms with van der Waals surface area (Å²) in [7, 11) is 0. The highest BCUT2D eigenvalue weighted by Gasteiger charge is 2.27. The third-order valence-corrected chi connectivity index (χ3v) is 6.18. The molecule has 0 spiro atoms.